The smallest absolute Gasteiger partial charge is 0.230 e. The second-order valence-electron chi connectivity index (χ2n) is 5.04. The van der Waals surface area contributed by atoms with Crippen LogP contribution in [0.25, 0.3) is 0 Å². The van der Waals surface area contributed by atoms with Crippen LogP contribution in [0, 0.1) is 11.2 Å². The Labute approximate surface area is 106 Å². The van der Waals surface area contributed by atoms with Gasteiger partial charge in [0.05, 0.1) is 12.0 Å². The van der Waals surface area contributed by atoms with E-state index in [-0.39, 0.29) is 18.3 Å². The minimum atomic E-state index is -0.502. The molecule has 1 aliphatic rings. The zero-order chi connectivity index (χ0) is 13.2. The molecule has 1 saturated carbocycles. The molecule has 1 aromatic rings. The predicted octanol–water partition coefficient (Wildman–Crippen LogP) is 1.60. The first kappa shape index (κ1) is 13.0. The van der Waals surface area contributed by atoms with E-state index in [0.717, 1.165) is 18.4 Å². The maximum Gasteiger partial charge on any atom is 0.230 e. The van der Waals surface area contributed by atoms with Crippen molar-refractivity contribution in [3.05, 3.63) is 35.6 Å². The fourth-order valence-corrected chi connectivity index (χ4v) is 2.04. The van der Waals surface area contributed by atoms with Gasteiger partial charge in [0.1, 0.15) is 5.82 Å². The molecule has 1 N–H and O–H groups in total. The summed E-state index contributed by atoms with van der Waals surface area (Å²) in [5, 5.41) is 9.20. The highest BCUT2D eigenvalue weighted by Crippen LogP contribution is 2.46. The van der Waals surface area contributed by atoms with E-state index in [0.29, 0.717) is 13.0 Å². The Morgan fingerprint density at radius 3 is 2.50 bits per heavy atom. The third-order valence-corrected chi connectivity index (χ3v) is 3.61. The van der Waals surface area contributed by atoms with Crippen LogP contribution in [0.4, 0.5) is 4.39 Å². The lowest BCUT2D eigenvalue weighted by atomic mass is 10.1. The molecule has 0 unspecified atom stereocenters. The second-order valence-corrected chi connectivity index (χ2v) is 5.04. The van der Waals surface area contributed by atoms with Crippen molar-refractivity contribution >= 4 is 5.91 Å². The van der Waals surface area contributed by atoms with Gasteiger partial charge in [-0.05, 0) is 37.0 Å². The molecule has 1 aromatic carbocycles. The highest BCUT2D eigenvalue weighted by Gasteiger charge is 2.50. The van der Waals surface area contributed by atoms with Gasteiger partial charge in [-0.1, -0.05) is 12.1 Å². The molecular formula is C14H18FNO2. The molecule has 18 heavy (non-hydrogen) atoms. The van der Waals surface area contributed by atoms with E-state index in [1.807, 2.05) is 0 Å². The molecule has 0 bridgehead atoms. The molecule has 1 fully saturated rings. The maximum absolute atomic E-state index is 12.7. The molecule has 4 heteroatoms. The number of hydrogen-bond donors (Lipinski definition) is 1. The molecule has 98 valence electrons. The number of amides is 1. The van der Waals surface area contributed by atoms with E-state index in [9.17, 15) is 14.3 Å². The standard InChI is InChI=1S/C14H18FNO2/c1-16(13(18)14(10-17)7-8-14)9-6-11-2-4-12(15)5-3-11/h2-5,17H,6-10H2,1H3. The Morgan fingerprint density at radius 2 is 2.00 bits per heavy atom. The molecule has 0 saturated heterocycles. The Hall–Kier alpha value is -1.42. The predicted molar refractivity (Wildman–Crippen MR) is 66.5 cm³/mol. The summed E-state index contributed by atoms with van der Waals surface area (Å²) in [6.07, 6.45) is 2.26. The van der Waals surface area contributed by atoms with Crippen molar-refractivity contribution < 1.29 is 14.3 Å². The van der Waals surface area contributed by atoms with Crippen molar-refractivity contribution in [2.75, 3.05) is 20.2 Å². The lowest BCUT2D eigenvalue weighted by Crippen LogP contribution is -2.37. The van der Waals surface area contributed by atoms with Crippen molar-refractivity contribution in [2.45, 2.75) is 19.3 Å². The van der Waals surface area contributed by atoms with E-state index >= 15 is 0 Å². The second kappa shape index (κ2) is 5.06. The molecule has 1 aliphatic carbocycles. The summed E-state index contributed by atoms with van der Waals surface area (Å²) in [4.78, 5) is 13.7. The fraction of sp³-hybridized carbons (Fsp3) is 0.500. The average Bonchev–Trinajstić information content (AvgIpc) is 3.18. The molecule has 1 amide bonds. The van der Waals surface area contributed by atoms with Crippen molar-refractivity contribution in [1.82, 2.24) is 4.90 Å². The van der Waals surface area contributed by atoms with Crippen LogP contribution in [-0.2, 0) is 11.2 Å². The van der Waals surface area contributed by atoms with Gasteiger partial charge in [0.2, 0.25) is 5.91 Å². The third kappa shape index (κ3) is 2.70. The summed E-state index contributed by atoms with van der Waals surface area (Å²) < 4.78 is 12.7. The molecule has 2 rings (SSSR count). The zero-order valence-electron chi connectivity index (χ0n) is 10.5. The minimum absolute atomic E-state index is 0.0205. The molecular weight excluding hydrogens is 233 g/mol. The highest BCUT2D eigenvalue weighted by molar-refractivity contribution is 5.85. The number of carbonyl (C=O) groups excluding carboxylic acids is 1. The number of halogens is 1. The van der Waals surface area contributed by atoms with Crippen molar-refractivity contribution in [3.63, 3.8) is 0 Å². The first-order valence-electron chi connectivity index (χ1n) is 6.18. The molecule has 3 nitrogen and oxygen atoms in total. The van der Waals surface area contributed by atoms with Crippen molar-refractivity contribution in [2.24, 2.45) is 5.41 Å². The van der Waals surface area contributed by atoms with Crippen LogP contribution in [-0.4, -0.2) is 36.1 Å². The number of carbonyl (C=O) groups is 1. The van der Waals surface area contributed by atoms with Gasteiger partial charge in [-0.15, -0.1) is 0 Å². The molecule has 0 heterocycles. The first-order chi connectivity index (χ1) is 8.57. The molecule has 0 aromatic heterocycles. The van der Waals surface area contributed by atoms with Crippen molar-refractivity contribution in [3.8, 4) is 0 Å². The van der Waals surface area contributed by atoms with Crippen LogP contribution in [0.5, 0.6) is 0 Å². The van der Waals surface area contributed by atoms with Crippen LogP contribution >= 0.6 is 0 Å². The number of rotatable bonds is 5. The Bertz CT molecular complexity index is 426. The number of aliphatic hydroxyl groups is 1. The summed E-state index contributed by atoms with van der Waals surface area (Å²) in [5.74, 6) is -0.229. The number of nitrogens with zero attached hydrogens (tertiary/aromatic N) is 1. The van der Waals surface area contributed by atoms with E-state index in [2.05, 4.69) is 0 Å². The Balaban J connectivity index is 1.86. The average molecular weight is 251 g/mol. The molecule has 0 spiro atoms. The topological polar surface area (TPSA) is 40.5 Å². The normalized spacial score (nSPS) is 16.4. The monoisotopic (exact) mass is 251 g/mol. The summed E-state index contributed by atoms with van der Waals surface area (Å²) in [7, 11) is 1.75. The van der Waals surface area contributed by atoms with Gasteiger partial charge in [-0.2, -0.15) is 0 Å². The van der Waals surface area contributed by atoms with Crippen LogP contribution in [0.2, 0.25) is 0 Å². The summed E-state index contributed by atoms with van der Waals surface area (Å²) in [6.45, 7) is 0.527. The van der Waals surface area contributed by atoms with Crippen LogP contribution < -0.4 is 0 Å². The maximum atomic E-state index is 12.7. The van der Waals surface area contributed by atoms with Gasteiger partial charge in [-0.3, -0.25) is 4.79 Å². The van der Waals surface area contributed by atoms with E-state index in [1.165, 1.54) is 12.1 Å². The van der Waals surface area contributed by atoms with E-state index < -0.39 is 5.41 Å². The van der Waals surface area contributed by atoms with Gasteiger partial charge >= 0.3 is 0 Å². The number of aliphatic hydroxyl groups excluding tert-OH is 1. The first-order valence-corrected chi connectivity index (χ1v) is 6.18. The quantitative estimate of drug-likeness (QED) is 0.863. The number of hydrogen-bond acceptors (Lipinski definition) is 2. The number of benzene rings is 1. The van der Waals surface area contributed by atoms with E-state index in [4.69, 9.17) is 0 Å². The van der Waals surface area contributed by atoms with Crippen molar-refractivity contribution in [1.29, 1.82) is 0 Å². The molecule has 0 aliphatic heterocycles. The minimum Gasteiger partial charge on any atom is -0.395 e. The van der Waals surface area contributed by atoms with Crippen LogP contribution in [0.1, 0.15) is 18.4 Å². The van der Waals surface area contributed by atoms with Gasteiger partial charge in [0, 0.05) is 13.6 Å². The van der Waals surface area contributed by atoms with Gasteiger partial charge < -0.3 is 10.0 Å². The largest absolute Gasteiger partial charge is 0.395 e. The lowest BCUT2D eigenvalue weighted by Gasteiger charge is -2.22. The summed E-state index contributed by atoms with van der Waals surface area (Å²) in [6, 6.07) is 6.31. The van der Waals surface area contributed by atoms with Gasteiger partial charge in [0.25, 0.3) is 0 Å². The van der Waals surface area contributed by atoms with Crippen LogP contribution in [0.3, 0.4) is 0 Å². The van der Waals surface area contributed by atoms with Crippen LogP contribution in [0.15, 0.2) is 24.3 Å². The van der Waals surface area contributed by atoms with Gasteiger partial charge in [0.15, 0.2) is 0 Å². The lowest BCUT2D eigenvalue weighted by molar-refractivity contribution is -0.137. The molecule has 0 atom stereocenters. The summed E-state index contributed by atoms with van der Waals surface area (Å²) in [5.41, 5.74) is 0.502. The number of likely N-dealkylation sites (N-methyl/N-ethyl adjacent to an activating group) is 1. The third-order valence-electron chi connectivity index (χ3n) is 3.61. The fourth-order valence-electron chi connectivity index (χ4n) is 2.04. The summed E-state index contributed by atoms with van der Waals surface area (Å²) >= 11 is 0. The highest BCUT2D eigenvalue weighted by atomic mass is 19.1. The van der Waals surface area contributed by atoms with Gasteiger partial charge in [-0.25, -0.2) is 4.39 Å². The Kier molecular flexibility index (Phi) is 3.66. The SMILES string of the molecule is CN(CCc1ccc(F)cc1)C(=O)C1(CO)CC1. The zero-order valence-corrected chi connectivity index (χ0v) is 10.5. The molecule has 0 radical (unpaired) electrons. The van der Waals surface area contributed by atoms with E-state index in [1.54, 1.807) is 24.1 Å². The Morgan fingerprint density at radius 1 is 1.39 bits per heavy atom.